The SMILES string of the molecule is COCCNC(=O)C1=CC=C(n2cc(-c3cc4cccnc4[nH]c3=O)nn2)CC1. The molecule has 4 rings (SSSR count). The lowest BCUT2D eigenvalue weighted by atomic mass is 10.0. The van der Waals surface area contributed by atoms with Gasteiger partial charge in [0.25, 0.3) is 5.56 Å². The molecule has 0 fully saturated rings. The van der Waals surface area contributed by atoms with E-state index in [1.54, 1.807) is 36.3 Å². The van der Waals surface area contributed by atoms with Crippen molar-refractivity contribution in [1.82, 2.24) is 30.3 Å². The number of carbonyl (C=O) groups is 1. The number of nitrogens with one attached hydrogen (secondary N) is 2. The Kier molecular flexibility index (Phi) is 5.30. The van der Waals surface area contributed by atoms with E-state index < -0.39 is 0 Å². The summed E-state index contributed by atoms with van der Waals surface area (Å²) in [5.74, 6) is -0.0899. The van der Waals surface area contributed by atoms with E-state index in [0.717, 1.165) is 11.1 Å². The molecule has 0 spiro atoms. The average molecular weight is 392 g/mol. The van der Waals surface area contributed by atoms with E-state index in [2.05, 4.69) is 25.6 Å². The van der Waals surface area contributed by atoms with Gasteiger partial charge in [-0.15, -0.1) is 5.10 Å². The van der Waals surface area contributed by atoms with Gasteiger partial charge in [0.15, 0.2) is 0 Å². The number of hydrogen-bond donors (Lipinski definition) is 2. The van der Waals surface area contributed by atoms with Crippen LogP contribution in [0, 0.1) is 0 Å². The molecule has 1 amide bonds. The van der Waals surface area contributed by atoms with Gasteiger partial charge in [-0.3, -0.25) is 9.59 Å². The molecule has 0 aliphatic heterocycles. The summed E-state index contributed by atoms with van der Waals surface area (Å²) in [5.41, 5.74) is 2.78. The van der Waals surface area contributed by atoms with Crippen molar-refractivity contribution in [3.63, 3.8) is 0 Å². The van der Waals surface area contributed by atoms with Crippen LogP contribution in [0.5, 0.6) is 0 Å². The molecule has 3 aromatic rings. The third-order valence-electron chi connectivity index (χ3n) is 4.69. The Balaban J connectivity index is 1.55. The van der Waals surface area contributed by atoms with E-state index in [4.69, 9.17) is 4.74 Å². The fourth-order valence-corrected chi connectivity index (χ4v) is 3.14. The number of carbonyl (C=O) groups excluding carboxylic acids is 1. The van der Waals surface area contributed by atoms with Crippen LogP contribution in [0.15, 0.2) is 53.1 Å². The van der Waals surface area contributed by atoms with Gasteiger partial charge in [0.2, 0.25) is 5.91 Å². The van der Waals surface area contributed by atoms with Crippen LogP contribution >= 0.6 is 0 Å². The fourth-order valence-electron chi connectivity index (χ4n) is 3.14. The van der Waals surface area contributed by atoms with Crippen molar-refractivity contribution < 1.29 is 9.53 Å². The monoisotopic (exact) mass is 392 g/mol. The van der Waals surface area contributed by atoms with Crippen LogP contribution < -0.4 is 10.9 Å². The first-order chi connectivity index (χ1) is 14.2. The maximum Gasteiger partial charge on any atom is 0.259 e. The summed E-state index contributed by atoms with van der Waals surface area (Å²) in [6.45, 7) is 0.956. The third-order valence-corrected chi connectivity index (χ3v) is 4.69. The van der Waals surface area contributed by atoms with E-state index >= 15 is 0 Å². The highest BCUT2D eigenvalue weighted by molar-refractivity contribution is 5.94. The summed E-state index contributed by atoms with van der Waals surface area (Å²) in [6.07, 6.45) is 8.23. The normalized spacial score (nSPS) is 13.8. The average Bonchev–Trinajstić information content (AvgIpc) is 3.23. The summed E-state index contributed by atoms with van der Waals surface area (Å²) in [6, 6.07) is 5.44. The number of ether oxygens (including phenoxy) is 1. The number of aromatic nitrogens is 5. The lowest BCUT2D eigenvalue weighted by molar-refractivity contribution is -0.117. The third kappa shape index (κ3) is 3.99. The molecule has 0 unspecified atom stereocenters. The number of pyridine rings is 2. The summed E-state index contributed by atoms with van der Waals surface area (Å²) in [7, 11) is 1.59. The van der Waals surface area contributed by atoms with Crippen molar-refractivity contribution in [2.45, 2.75) is 12.8 Å². The first-order valence-electron chi connectivity index (χ1n) is 9.24. The molecule has 0 atom stereocenters. The zero-order chi connectivity index (χ0) is 20.2. The number of fused-ring (bicyclic) bond motifs is 1. The minimum atomic E-state index is -0.268. The van der Waals surface area contributed by atoms with Gasteiger partial charge < -0.3 is 15.0 Å². The molecular formula is C20H20N6O3. The second-order valence-electron chi connectivity index (χ2n) is 6.60. The number of amides is 1. The molecule has 1 aliphatic rings. The number of allylic oxidation sites excluding steroid dienone is 3. The quantitative estimate of drug-likeness (QED) is 0.615. The number of aromatic amines is 1. The molecule has 0 saturated heterocycles. The highest BCUT2D eigenvalue weighted by Crippen LogP contribution is 2.23. The first-order valence-corrected chi connectivity index (χ1v) is 9.24. The molecule has 1 aliphatic carbocycles. The standard InChI is InChI=1S/C20H20N6O3/c1-29-10-9-22-19(27)13-4-6-15(7-5-13)26-12-17(24-25-26)16-11-14-3-2-8-21-18(14)23-20(16)28/h2-4,6,8,11-12H,5,7,9-10H2,1H3,(H,22,27)(H,21,23,28). The van der Waals surface area contributed by atoms with Gasteiger partial charge in [0, 0.05) is 36.5 Å². The molecule has 3 heterocycles. The van der Waals surface area contributed by atoms with Gasteiger partial charge in [-0.05, 0) is 37.1 Å². The zero-order valence-electron chi connectivity index (χ0n) is 15.9. The summed E-state index contributed by atoms with van der Waals surface area (Å²) < 4.78 is 6.57. The van der Waals surface area contributed by atoms with Gasteiger partial charge in [-0.1, -0.05) is 11.3 Å². The molecule has 3 aromatic heterocycles. The van der Waals surface area contributed by atoms with Crippen LogP contribution in [0.1, 0.15) is 12.8 Å². The zero-order valence-corrected chi connectivity index (χ0v) is 15.9. The molecule has 0 aromatic carbocycles. The van der Waals surface area contributed by atoms with E-state index in [0.29, 0.717) is 48.5 Å². The van der Waals surface area contributed by atoms with Crippen LogP contribution in [-0.2, 0) is 9.53 Å². The van der Waals surface area contributed by atoms with Gasteiger partial charge in [-0.2, -0.15) is 0 Å². The Hall–Kier alpha value is -3.59. The second-order valence-corrected chi connectivity index (χ2v) is 6.60. The van der Waals surface area contributed by atoms with Crippen LogP contribution in [-0.4, -0.2) is 51.1 Å². The van der Waals surface area contributed by atoms with Crippen molar-refractivity contribution in [2.75, 3.05) is 20.3 Å². The molecule has 29 heavy (non-hydrogen) atoms. The van der Waals surface area contributed by atoms with E-state index in [-0.39, 0.29) is 11.5 Å². The van der Waals surface area contributed by atoms with Crippen molar-refractivity contribution in [3.05, 3.63) is 58.7 Å². The summed E-state index contributed by atoms with van der Waals surface area (Å²) in [4.78, 5) is 31.4. The number of H-pyrrole nitrogens is 1. The lowest BCUT2D eigenvalue weighted by Crippen LogP contribution is -2.28. The highest BCUT2D eigenvalue weighted by atomic mass is 16.5. The molecule has 9 nitrogen and oxygen atoms in total. The Morgan fingerprint density at radius 1 is 1.34 bits per heavy atom. The van der Waals surface area contributed by atoms with Crippen molar-refractivity contribution in [2.24, 2.45) is 0 Å². The number of rotatable bonds is 6. The molecule has 0 saturated carbocycles. The van der Waals surface area contributed by atoms with Gasteiger partial charge >= 0.3 is 0 Å². The summed E-state index contributed by atoms with van der Waals surface area (Å²) >= 11 is 0. The minimum Gasteiger partial charge on any atom is -0.383 e. The van der Waals surface area contributed by atoms with E-state index in [1.165, 1.54) is 0 Å². The number of hydrogen-bond acceptors (Lipinski definition) is 6. The Bertz CT molecular complexity index is 1170. The Morgan fingerprint density at radius 3 is 3.03 bits per heavy atom. The summed E-state index contributed by atoms with van der Waals surface area (Å²) in [5, 5.41) is 11.9. The molecule has 148 valence electrons. The number of methoxy groups -OCH3 is 1. The largest absolute Gasteiger partial charge is 0.383 e. The molecule has 0 radical (unpaired) electrons. The van der Waals surface area contributed by atoms with Crippen LogP contribution in [0.4, 0.5) is 0 Å². The predicted octanol–water partition coefficient (Wildman–Crippen LogP) is 1.51. The van der Waals surface area contributed by atoms with Crippen molar-refractivity contribution in [1.29, 1.82) is 0 Å². The smallest absolute Gasteiger partial charge is 0.259 e. The van der Waals surface area contributed by atoms with Crippen LogP contribution in [0.3, 0.4) is 0 Å². The van der Waals surface area contributed by atoms with Gasteiger partial charge in [-0.25, -0.2) is 9.67 Å². The van der Waals surface area contributed by atoms with E-state index in [1.807, 2.05) is 18.2 Å². The Morgan fingerprint density at radius 2 is 2.24 bits per heavy atom. The first kappa shape index (κ1) is 18.8. The molecule has 0 bridgehead atoms. The number of nitrogens with zero attached hydrogens (tertiary/aromatic N) is 4. The highest BCUT2D eigenvalue weighted by Gasteiger charge is 2.16. The molecule has 9 heteroatoms. The molecular weight excluding hydrogens is 372 g/mol. The van der Waals surface area contributed by atoms with Crippen LogP contribution in [0.2, 0.25) is 0 Å². The van der Waals surface area contributed by atoms with Gasteiger partial charge in [0.05, 0.1) is 18.4 Å². The van der Waals surface area contributed by atoms with Crippen LogP contribution in [0.25, 0.3) is 28.0 Å². The van der Waals surface area contributed by atoms with Gasteiger partial charge in [0.1, 0.15) is 11.3 Å². The van der Waals surface area contributed by atoms with Crippen molar-refractivity contribution >= 4 is 22.6 Å². The second kappa shape index (κ2) is 8.19. The lowest BCUT2D eigenvalue weighted by Gasteiger charge is -2.14. The fraction of sp³-hybridized carbons (Fsp3) is 0.250. The minimum absolute atomic E-state index is 0.0899. The Labute approximate surface area is 166 Å². The predicted molar refractivity (Wildman–Crippen MR) is 108 cm³/mol. The van der Waals surface area contributed by atoms with Crippen molar-refractivity contribution in [3.8, 4) is 11.3 Å². The topological polar surface area (TPSA) is 115 Å². The maximum absolute atomic E-state index is 12.4. The molecule has 2 N–H and O–H groups in total. The van der Waals surface area contributed by atoms with E-state index in [9.17, 15) is 9.59 Å². The maximum atomic E-state index is 12.4.